The van der Waals surface area contributed by atoms with Crippen LogP contribution in [0.3, 0.4) is 0 Å². The Hall–Kier alpha value is -1.28. The van der Waals surface area contributed by atoms with E-state index in [1.165, 1.54) is 28.2 Å². The topological polar surface area (TPSA) is 0 Å². The van der Waals surface area contributed by atoms with Gasteiger partial charge in [0.15, 0.2) is 0 Å². The molecule has 0 bridgehead atoms. The van der Waals surface area contributed by atoms with Crippen molar-refractivity contribution in [2.45, 2.75) is 24.7 Å². The van der Waals surface area contributed by atoms with Gasteiger partial charge < -0.3 is 0 Å². The van der Waals surface area contributed by atoms with Crippen LogP contribution >= 0.6 is 10.9 Å². The Morgan fingerprint density at radius 2 is 1.58 bits per heavy atom. The Kier molecular flexibility index (Phi) is 4.31. The van der Waals surface area contributed by atoms with Crippen molar-refractivity contribution in [1.82, 2.24) is 0 Å². The average Bonchev–Trinajstić information content (AvgIpc) is 2.38. The van der Waals surface area contributed by atoms with E-state index < -0.39 is 0 Å². The molecule has 0 aliphatic heterocycles. The second kappa shape index (κ2) is 5.79. The van der Waals surface area contributed by atoms with Crippen molar-refractivity contribution in [2.75, 3.05) is 12.5 Å². The largest absolute Gasteiger partial charge is 0.232 e. The highest BCUT2D eigenvalue weighted by molar-refractivity contribution is 8.16. The average molecular weight is 276 g/mol. The van der Waals surface area contributed by atoms with E-state index in [0.717, 1.165) is 5.56 Å². The molecule has 2 aromatic rings. The summed E-state index contributed by atoms with van der Waals surface area (Å²) in [5, 5.41) is 0. The summed E-state index contributed by atoms with van der Waals surface area (Å²) in [5.41, 5.74) is 3.71. The predicted molar refractivity (Wildman–Crippen MR) is 85.0 cm³/mol. The van der Waals surface area contributed by atoms with Crippen molar-refractivity contribution in [3.63, 3.8) is 0 Å². The van der Waals surface area contributed by atoms with E-state index in [2.05, 4.69) is 44.6 Å². The molecule has 0 saturated carbocycles. The molecule has 0 spiro atoms. The van der Waals surface area contributed by atoms with E-state index in [1.54, 1.807) is 0 Å². The van der Waals surface area contributed by atoms with Gasteiger partial charge in [-0.05, 0) is 58.2 Å². The third kappa shape index (κ3) is 3.19. The van der Waals surface area contributed by atoms with Crippen LogP contribution in [0.4, 0.5) is 4.39 Å². The molecule has 2 heteroatoms. The molecule has 0 fully saturated rings. The van der Waals surface area contributed by atoms with Crippen molar-refractivity contribution in [3.8, 4) is 11.1 Å². The third-order valence-electron chi connectivity index (χ3n) is 3.33. The van der Waals surface area contributed by atoms with E-state index in [0.29, 0.717) is 5.92 Å². The monoisotopic (exact) mass is 276 g/mol. The van der Waals surface area contributed by atoms with Gasteiger partial charge in [-0.1, -0.05) is 38.1 Å². The summed E-state index contributed by atoms with van der Waals surface area (Å²) >= 11 is 0. The van der Waals surface area contributed by atoms with E-state index in [4.69, 9.17) is 0 Å². The van der Waals surface area contributed by atoms with Gasteiger partial charge in [-0.25, -0.2) is 15.3 Å². The molecule has 0 aromatic heterocycles. The highest BCUT2D eigenvalue weighted by Gasteiger charge is 2.09. The highest BCUT2D eigenvalue weighted by Crippen LogP contribution is 2.39. The van der Waals surface area contributed by atoms with Crippen LogP contribution in [0.25, 0.3) is 11.1 Å². The summed E-state index contributed by atoms with van der Waals surface area (Å²) in [5.74, 6) is 0.357. The molecule has 0 aliphatic carbocycles. The first-order valence-electron chi connectivity index (χ1n) is 6.56. The van der Waals surface area contributed by atoms with Crippen LogP contribution in [0.15, 0.2) is 47.4 Å². The third-order valence-corrected chi connectivity index (χ3v) is 4.66. The van der Waals surface area contributed by atoms with Gasteiger partial charge in [0.2, 0.25) is 0 Å². The quantitative estimate of drug-likeness (QED) is 0.729. The molecule has 102 valence electrons. The number of hydrogen-bond donors (Lipinski definition) is 1. The molecule has 2 rings (SSSR count). The molecule has 0 saturated heterocycles. The summed E-state index contributed by atoms with van der Waals surface area (Å²) in [6.07, 6.45) is 4.53. The summed E-state index contributed by atoms with van der Waals surface area (Å²) < 4.78 is 13.0. The summed E-state index contributed by atoms with van der Waals surface area (Å²) in [4.78, 5) is 1.40. The van der Waals surface area contributed by atoms with Gasteiger partial charge in [0, 0.05) is 0 Å². The standard InChI is InChI=1S/C17H21FS/c1-12(2)14-7-10-16(17(11-14)19(3)4)13-5-8-15(18)9-6-13/h5-12,19H,1-4H3. The predicted octanol–water partition coefficient (Wildman–Crippen LogP) is 5.24. The zero-order chi connectivity index (χ0) is 14.0. The number of rotatable bonds is 3. The Bertz CT molecular complexity index is 556. The molecular formula is C17H21FS. The molecule has 0 radical (unpaired) electrons. The van der Waals surface area contributed by atoms with Crippen molar-refractivity contribution < 1.29 is 4.39 Å². The molecule has 0 aliphatic rings. The fourth-order valence-corrected chi connectivity index (χ4v) is 3.24. The second-order valence-corrected chi connectivity index (χ2v) is 7.60. The minimum Gasteiger partial charge on any atom is -0.232 e. The lowest BCUT2D eigenvalue weighted by atomic mass is 9.98. The van der Waals surface area contributed by atoms with Crippen LogP contribution in [-0.2, 0) is 0 Å². The number of hydrogen-bond acceptors (Lipinski definition) is 0. The lowest BCUT2D eigenvalue weighted by molar-refractivity contribution is 0.628. The minimum atomic E-state index is -0.182. The van der Waals surface area contributed by atoms with Crippen molar-refractivity contribution in [1.29, 1.82) is 0 Å². The molecule has 0 N–H and O–H groups in total. The molecule has 0 heterocycles. The molecule has 0 unspecified atom stereocenters. The lowest BCUT2D eigenvalue weighted by Gasteiger charge is -2.18. The first-order valence-corrected chi connectivity index (χ1v) is 8.80. The van der Waals surface area contributed by atoms with E-state index in [-0.39, 0.29) is 16.7 Å². The molecule has 0 amide bonds. The van der Waals surface area contributed by atoms with Crippen LogP contribution in [0.1, 0.15) is 25.3 Å². The SMILES string of the molecule is CC(C)c1ccc(-c2ccc(F)cc2)c([SH](C)C)c1. The smallest absolute Gasteiger partial charge is 0.123 e. The number of benzene rings is 2. The zero-order valence-corrected chi connectivity index (χ0v) is 12.8. The van der Waals surface area contributed by atoms with Gasteiger partial charge in [-0.15, -0.1) is 0 Å². The van der Waals surface area contributed by atoms with E-state index in [1.807, 2.05) is 12.1 Å². The van der Waals surface area contributed by atoms with Crippen LogP contribution < -0.4 is 0 Å². The Morgan fingerprint density at radius 3 is 2.11 bits per heavy atom. The van der Waals surface area contributed by atoms with Gasteiger partial charge in [0.25, 0.3) is 0 Å². The number of thiol groups is 1. The maximum atomic E-state index is 13.0. The molecule has 2 aromatic carbocycles. The Labute approximate surface area is 118 Å². The molecule has 19 heavy (non-hydrogen) atoms. The van der Waals surface area contributed by atoms with Crippen LogP contribution in [0.5, 0.6) is 0 Å². The fourth-order valence-electron chi connectivity index (χ4n) is 2.15. The minimum absolute atomic E-state index is 0.181. The Balaban J connectivity index is 2.53. The summed E-state index contributed by atoms with van der Waals surface area (Å²) in [7, 11) is -0.182. The molecular weight excluding hydrogens is 255 g/mol. The molecule has 0 atom stereocenters. The van der Waals surface area contributed by atoms with Crippen molar-refractivity contribution in [3.05, 3.63) is 53.8 Å². The molecule has 0 nitrogen and oxygen atoms in total. The van der Waals surface area contributed by atoms with Crippen LogP contribution in [-0.4, -0.2) is 12.5 Å². The summed E-state index contributed by atoms with van der Waals surface area (Å²) in [6.45, 7) is 4.43. The highest BCUT2D eigenvalue weighted by atomic mass is 32.2. The number of halogens is 1. The maximum absolute atomic E-state index is 13.0. The van der Waals surface area contributed by atoms with Crippen molar-refractivity contribution in [2.24, 2.45) is 0 Å². The summed E-state index contributed by atoms with van der Waals surface area (Å²) in [6, 6.07) is 13.5. The van der Waals surface area contributed by atoms with Crippen LogP contribution in [0, 0.1) is 5.82 Å². The van der Waals surface area contributed by atoms with E-state index in [9.17, 15) is 4.39 Å². The zero-order valence-electron chi connectivity index (χ0n) is 11.9. The van der Waals surface area contributed by atoms with Crippen molar-refractivity contribution >= 4 is 10.9 Å². The normalized spacial score (nSPS) is 11.8. The van der Waals surface area contributed by atoms with Crippen LogP contribution in [0.2, 0.25) is 0 Å². The van der Waals surface area contributed by atoms with Gasteiger partial charge in [0.05, 0.1) is 0 Å². The Morgan fingerprint density at radius 1 is 0.947 bits per heavy atom. The first kappa shape index (κ1) is 14.1. The maximum Gasteiger partial charge on any atom is 0.123 e. The van der Waals surface area contributed by atoms with Gasteiger partial charge in [-0.2, -0.15) is 0 Å². The fraction of sp³-hybridized carbons (Fsp3) is 0.294. The van der Waals surface area contributed by atoms with E-state index >= 15 is 0 Å². The van der Waals surface area contributed by atoms with Gasteiger partial charge in [0.1, 0.15) is 5.82 Å². The van der Waals surface area contributed by atoms with Gasteiger partial charge in [-0.3, -0.25) is 0 Å². The second-order valence-electron chi connectivity index (χ2n) is 5.33. The van der Waals surface area contributed by atoms with Gasteiger partial charge >= 0.3 is 0 Å². The lowest BCUT2D eigenvalue weighted by Crippen LogP contribution is -1.92. The first-order chi connectivity index (χ1) is 8.99.